The molecule has 0 saturated carbocycles. The summed E-state index contributed by atoms with van der Waals surface area (Å²) in [6.07, 6.45) is 12.2. The molecule has 0 aliphatic carbocycles. The molecule has 1 aromatic carbocycles. The van der Waals surface area contributed by atoms with E-state index in [-0.39, 0.29) is 18.4 Å². The molecule has 2 heterocycles. The van der Waals surface area contributed by atoms with Crippen molar-refractivity contribution in [3.8, 4) is 11.5 Å². The van der Waals surface area contributed by atoms with E-state index in [1.165, 1.54) is 11.8 Å². The van der Waals surface area contributed by atoms with E-state index in [1.807, 2.05) is 37.3 Å². The number of carboxylic acid groups (broad SMARTS) is 1. The number of benzene rings is 1. The third kappa shape index (κ3) is 7.09. The van der Waals surface area contributed by atoms with Crippen LogP contribution in [0.15, 0.2) is 34.8 Å². The van der Waals surface area contributed by atoms with Crippen molar-refractivity contribution in [2.75, 3.05) is 13.7 Å². The first kappa shape index (κ1) is 26.3. The molecule has 1 N–H and O–H groups in total. The Morgan fingerprint density at radius 3 is 2.53 bits per heavy atom. The molecule has 0 bridgehead atoms. The van der Waals surface area contributed by atoms with Gasteiger partial charge in [-0.3, -0.25) is 14.5 Å². The zero-order valence-electron chi connectivity index (χ0n) is 19.9. The normalized spacial score (nSPS) is 18.6. The van der Waals surface area contributed by atoms with Gasteiger partial charge in [0, 0.05) is 18.5 Å². The maximum atomic E-state index is 13.0. The van der Waals surface area contributed by atoms with Crippen LogP contribution in [0.4, 0.5) is 0 Å². The lowest BCUT2D eigenvalue weighted by Crippen LogP contribution is -2.29. The van der Waals surface area contributed by atoms with Crippen molar-refractivity contribution in [2.45, 2.75) is 70.8 Å². The largest absolute Gasteiger partial charge is 0.493 e. The first-order chi connectivity index (χ1) is 16.4. The second kappa shape index (κ2) is 13.0. The van der Waals surface area contributed by atoms with Crippen LogP contribution in [0.5, 0.6) is 11.5 Å². The van der Waals surface area contributed by atoms with Gasteiger partial charge < -0.3 is 14.6 Å². The van der Waals surface area contributed by atoms with Crippen LogP contribution in [0.1, 0.15) is 70.3 Å². The highest BCUT2D eigenvalue weighted by atomic mass is 32.2. The Balaban J connectivity index is 1.46. The van der Waals surface area contributed by atoms with E-state index in [4.69, 9.17) is 26.8 Å². The molecule has 8 heteroatoms. The lowest BCUT2D eigenvalue weighted by molar-refractivity contribution is -0.137. The molecule has 0 spiro atoms. The molecule has 6 nitrogen and oxygen atoms in total. The number of amides is 1. The summed E-state index contributed by atoms with van der Waals surface area (Å²) in [7, 11) is 1.62. The van der Waals surface area contributed by atoms with Gasteiger partial charge in [-0.25, -0.2) is 0 Å². The molecule has 3 rings (SSSR count). The first-order valence-electron chi connectivity index (χ1n) is 11.9. The molecule has 34 heavy (non-hydrogen) atoms. The topological polar surface area (TPSA) is 76.1 Å². The number of carbonyl (C=O) groups is 2. The number of aliphatic carboxylic acids is 1. The summed E-state index contributed by atoms with van der Waals surface area (Å²) >= 11 is 6.84. The minimum Gasteiger partial charge on any atom is -0.493 e. The zero-order chi connectivity index (χ0) is 24.5. The van der Waals surface area contributed by atoms with Crippen molar-refractivity contribution in [3.63, 3.8) is 0 Å². The van der Waals surface area contributed by atoms with Gasteiger partial charge in [0.1, 0.15) is 10.4 Å². The number of thiocarbonyl (C=S) groups is 1. The Morgan fingerprint density at radius 2 is 1.85 bits per heavy atom. The van der Waals surface area contributed by atoms with Crippen LogP contribution < -0.4 is 9.47 Å². The third-order valence-electron chi connectivity index (χ3n) is 6.01. The van der Waals surface area contributed by atoms with Crippen molar-refractivity contribution >= 4 is 46.3 Å². The van der Waals surface area contributed by atoms with E-state index in [0.29, 0.717) is 21.5 Å². The Labute approximate surface area is 211 Å². The lowest BCUT2D eigenvalue weighted by Gasteiger charge is -2.24. The highest BCUT2D eigenvalue weighted by molar-refractivity contribution is 8.26. The number of carbonyl (C=O) groups excluding carboxylic acids is 1. The van der Waals surface area contributed by atoms with Crippen molar-refractivity contribution in [2.24, 2.45) is 0 Å². The fourth-order valence-corrected chi connectivity index (χ4v) is 5.39. The molecule has 2 aliphatic heterocycles. The Hall–Kier alpha value is -2.32. The molecule has 2 aliphatic rings. The van der Waals surface area contributed by atoms with Crippen LogP contribution in [0, 0.1) is 0 Å². The predicted molar refractivity (Wildman–Crippen MR) is 140 cm³/mol. The second-order valence-corrected chi connectivity index (χ2v) is 10.3. The van der Waals surface area contributed by atoms with Crippen LogP contribution in [0.3, 0.4) is 0 Å². The number of carboxylic acids is 1. The molecule has 1 fully saturated rings. The van der Waals surface area contributed by atoms with E-state index in [0.717, 1.165) is 68.3 Å². The SMILES string of the molecule is COc1cccc2c1OC(C)C(/C=C1\SC(=S)N(CCCCCCCCCCC(=O)O)C1=O)=C2. The summed E-state index contributed by atoms with van der Waals surface area (Å²) in [5.41, 5.74) is 1.87. The van der Waals surface area contributed by atoms with Gasteiger partial charge in [-0.2, -0.15) is 0 Å². The maximum Gasteiger partial charge on any atom is 0.303 e. The average molecular weight is 504 g/mol. The van der Waals surface area contributed by atoms with Crippen LogP contribution in [0.2, 0.25) is 0 Å². The van der Waals surface area contributed by atoms with Gasteiger partial charge in [0.2, 0.25) is 0 Å². The molecule has 0 radical (unpaired) electrons. The number of unbranched alkanes of at least 4 members (excludes halogenated alkanes) is 7. The smallest absolute Gasteiger partial charge is 0.303 e. The molecule has 1 saturated heterocycles. The molecule has 1 unspecified atom stereocenters. The van der Waals surface area contributed by atoms with Gasteiger partial charge in [0.25, 0.3) is 5.91 Å². The average Bonchev–Trinajstić information content (AvgIpc) is 3.07. The third-order valence-corrected chi connectivity index (χ3v) is 7.39. The van der Waals surface area contributed by atoms with Crippen molar-refractivity contribution < 1.29 is 24.2 Å². The minimum atomic E-state index is -0.713. The summed E-state index contributed by atoms with van der Waals surface area (Å²) in [6.45, 7) is 2.61. The van der Waals surface area contributed by atoms with Crippen LogP contribution in [0.25, 0.3) is 6.08 Å². The molecule has 1 amide bonds. The highest BCUT2D eigenvalue weighted by Crippen LogP contribution is 2.39. The number of thioether (sulfide) groups is 1. The van der Waals surface area contributed by atoms with Gasteiger partial charge in [-0.1, -0.05) is 74.6 Å². The number of fused-ring (bicyclic) bond motifs is 1. The zero-order valence-corrected chi connectivity index (χ0v) is 21.5. The van der Waals surface area contributed by atoms with E-state index in [2.05, 4.69) is 0 Å². The standard InChI is InChI=1S/C26H33NO5S2/c1-18-20(16-19-12-11-13-21(31-2)24(19)32-18)17-22-25(30)27(26(33)34-22)15-10-8-6-4-3-5-7-9-14-23(28)29/h11-13,16-18H,3-10,14-15H2,1-2H3,(H,28,29)/b22-17-. The second-order valence-electron chi connectivity index (χ2n) is 8.59. The minimum absolute atomic E-state index is 0.0297. The molecule has 1 atom stereocenters. The Bertz CT molecular complexity index is 972. The van der Waals surface area contributed by atoms with Crippen LogP contribution >= 0.6 is 24.0 Å². The first-order valence-corrected chi connectivity index (χ1v) is 13.2. The number of hydrogen-bond donors (Lipinski definition) is 1. The van der Waals surface area contributed by atoms with Crippen molar-refractivity contribution in [1.29, 1.82) is 0 Å². The summed E-state index contributed by atoms with van der Waals surface area (Å²) in [5.74, 6) is 0.680. The van der Waals surface area contributed by atoms with Gasteiger partial charge >= 0.3 is 5.97 Å². The van der Waals surface area contributed by atoms with E-state index >= 15 is 0 Å². The van der Waals surface area contributed by atoms with E-state index in [1.54, 1.807) is 12.0 Å². The number of ether oxygens (including phenoxy) is 2. The van der Waals surface area contributed by atoms with Crippen LogP contribution in [-0.2, 0) is 9.59 Å². The Morgan fingerprint density at radius 1 is 1.18 bits per heavy atom. The molecule has 1 aromatic rings. The summed E-state index contributed by atoms with van der Waals surface area (Å²) in [5, 5.41) is 8.65. The molecular weight excluding hydrogens is 470 g/mol. The summed E-state index contributed by atoms with van der Waals surface area (Å²) in [6, 6.07) is 5.76. The van der Waals surface area contributed by atoms with Crippen molar-refractivity contribution in [3.05, 3.63) is 40.3 Å². The van der Waals surface area contributed by atoms with E-state index in [9.17, 15) is 9.59 Å². The quantitative estimate of drug-likeness (QED) is 0.195. The van der Waals surface area contributed by atoms with Crippen molar-refractivity contribution in [1.82, 2.24) is 4.90 Å². The summed E-state index contributed by atoms with van der Waals surface area (Å²) < 4.78 is 12.1. The fraction of sp³-hybridized carbons (Fsp3) is 0.500. The van der Waals surface area contributed by atoms with Crippen LogP contribution in [-0.4, -0.2) is 46.0 Å². The fourth-order valence-electron chi connectivity index (χ4n) is 4.09. The monoisotopic (exact) mass is 503 g/mol. The number of nitrogens with zero attached hydrogens (tertiary/aromatic N) is 1. The lowest BCUT2D eigenvalue weighted by atomic mass is 10.0. The maximum absolute atomic E-state index is 13.0. The highest BCUT2D eigenvalue weighted by Gasteiger charge is 2.32. The van der Waals surface area contributed by atoms with Gasteiger partial charge in [-0.15, -0.1) is 0 Å². The Kier molecular flexibility index (Phi) is 10.0. The van der Waals surface area contributed by atoms with Gasteiger partial charge in [0.15, 0.2) is 11.5 Å². The predicted octanol–water partition coefficient (Wildman–Crippen LogP) is 6.20. The van der Waals surface area contributed by atoms with E-state index < -0.39 is 5.97 Å². The summed E-state index contributed by atoms with van der Waals surface area (Å²) in [4.78, 5) is 25.8. The molecule has 184 valence electrons. The number of hydrogen-bond acceptors (Lipinski definition) is 6. The number of methoxy groups -OCH3 is 1. The van der Waals surface area contributed by atoms with Gasteiger partial charge in [0.05, 0.1) is 12.0 Å². The number of rotatable bonds is 13. The van der Waals surface area contributed by atoms with Gasteiger partial charge in [-0.05, 0) is 43.6 Å². The molecule has 0 aromatic heterocycles. The number of para-hydroxylation sites is 1. The molecular formula is C26H33NO5S2.